The molecule has 0 aliphatic carbocycles. The molecular weight excluding hydrogens is 272 g/mol. The SMILES string of the molecule is Nc1nc(CNC(=O)Cc2c[nH]c3ccccc23)cs1. The highest BCUT2D eigenvalue weighted by Gasteiger charge is 2.09. The van der Waals surface area contributed by atoms with Crippen LogP contribution in [0.25, 0.3) is 10.9 Å². The van der Waals surface area contributed by atoms with Crippen molar-refractivity contribution < 1.29 is 4.79 Å². The zero-order chi connectivity index (χ0) is 13.9. The molecule has 1 amide bonds. The monoisotopic (exact) mass is 286 g/mol. The predicted octanol–water partition coefficient (Wildman–Crippen LogP) is 2.07. The standard InChI is InChI=1S/C14H14N4OS/c15-14-18-10(8-20-14)7-17-13(19)5-9-6-16-12-4-2-1-3-11(9)12/h1-4,6,8,16H,5,7H2,(H2,15,18)(H,17,19). The van der Waals surface area contributed by atoms with Gasteiger partial charge in [0.2, 0.25) is 5.91 Å². The van der Waals surface area contributed by atoms with E-state index in [1.54, 1.807) is 0 Å². The van der Waals surface area contributed by atoms with Gasteiger partial charge in [0.15, 0.2) is 5.13 Å². The highest BCUT2D eigenvalue weighted by molar-refractivity contribution is 7.13. The lowest BCUT2D eigenvalue weighted by Gasteiger charge is -2.02. The molecule has 20 heavy (non-hydrogen) atoms. The van der Waals surface area contributed by atoms with Gasteiger partial charge in [-0.3, -0.25) is 4.79 Å². The van der Waals surface area contributed by atoms with Crippen molar-refractivity contribution in [3.05, 3.63) is 47.1 Å². The number of hydrogen-bond donors (Lipinski definition) is 3. The van der Waals surface area contributed by atoms with Crippen molar-refractivity contribution in [3.63, 3.8) is 0 Å². The van der Waals surface area contributed by atoms with E-state index in [-0.39, 0.29) is 5.91 Å². The summed E-state index contributed by atoms with van der Waals surface area (Å²) >= 11 is 1.37. The van der Waals surface area contributed by atoms with Crippen LogP contribution in [0, 0.1) is 0 Å². The van der Waals surface area contributed by atoms with Crippen LogP contribution < -0.4 is 11.1 Å². The van der Waals surface area contributed by atoms with Crippen LogP contribution in [0.15, 0.2) is 35.8 Å². The van der Waals surface area contributed by atoms with E-state index in [9.17, 15) is 4.79 Å². The number of nitrogen functional groups attached to an aromatic ring is 1. The molecule has 5 nitrogen and oxygen atoms in total. The number of fused-ring (bicyclic) bond motifs is 1. The summed E-state index contributed by atoms with van der Waals surface area (Å²) in [6.07, 6.45) is 2.23. The third-order valence-corrected chi connectivity index (χ3v) is 3.78. The molecular formula is C14H14N4OS. The number of amides is 1. The van der Waals surface area contributed by atoms with E-state index < -0.39 is 0 Å². The summed E-state index contributed by atoms with van der Waals surface area (Å²) in [5.74, 6) is -0.0266. The van der Waals surface area contributed by atoms with Crippen LogP contribution in [0.4, 0.5) is 5.13 Å². The van der Waals surface area contributed by atoms with E-state index in [0.29, 0.717) is 18.1 Å². The summed E-state index contributed by atoms with van der Waals surface area (Å²) in [5.41, 5.74) is 8.38. The summed E-state index contributed by atoms with van der Waals surface area (Å²) in [6.45, 7) is 0.412. The van der Waals surface area contributed by atoms with Crippen LogP contribution in [0.3, 0.4) is 0 Å². The second-order valence-corrected chi connectivity index (χ2v) is 5.38. The lowest BCUT2D eigenvalue weighted by molar-refractivity contribution is -0.120. The van der Waals surface area contributed by atoms with E-state index in [0.717, 1.165) is 22.2 Å². The zero-order valence-electron chi connectivity index (χ0n) is 10.7. The van der Waals surface area contributed by atoms with E-state index in [1.807, 2.05) is 35.8 Å². The van der Waals surface area contributed by atoms with Gasteiger partial charge in [-0.15, -0.1) is 11.3 Å². The van der Waals surface area contributed by atoms with E-state index in [2.05, 4.69) is 15.3 Å². The normalized spacial score (nSPS) is 10.8. The minimum absolute atomic E-state index is 0.0266. The summed E-state index contributed by atoms with van der Waals surface area (Å²) in [4.78, 5) is 19.2. The molecule has 0 fully saturated rings. The summed E-state index contributed by atoms with van der Waals surface area (Å²) in [5, 5.41) is 6.30. The number of anilines is 1. The number of nitrogens with zero attached hydrogens (tertiary/aromatic N) is 1. The highest BCUT2D eigenvalue weighted by atomic mass is 32.1. The lowest BCUT2D eigenvalue weighted by Crippen LogP contribution is -2.24. The molecule has 0 aliphatic rings. The number of aromatic amines is 1. The topological polar surface area (TPSA) is 83.8 Å². The molecule has 2 heterocycles. The predicted molar refractivity (Wildman–Crippen MR) is 80.4 cm³/mol. The molecule has 1 aromatic carbocycles. The Morgan fingerprint density at radius 3 is 3.05 bits per heavy atom. The number of rotatable bonds is 4. The van der Waals surface area contributed by atoms with Crippen molar-refractivity contribution in [3.8, 4) is 0 Å². The fourth-order valence-corrected chi connectivity index (χ4v) is 2.67. The van der Waals surface area contributed by atoms with Crippen molar-refractivity contribution in [1.29, 1.82) is 0 Å². The lowest BCUT2D eigenvalue weighted by atomic mass is 10.1. The number of benzene rings is 1. The molecule has 0 saturated heterocycles. The van der Waals surface area contributed by atoms with Crippen LogP contribution in [0.5, 0.6) is 0 Å². The van der Waals surface area contributed by atoms with Crippen LogP contribution in [-0.2, 0) is 17.8 Å². The van der Waals surface area contributed by atoms with Gasteiger partial charge in [-0.25, -0.2) is 4.98 Å². The van der Waals surface area contributed by atoms with Crippen molar-refractivity contribution in [2.75, 3.05) is 5.73 Å². The maximum Gasteiger partial charge on any atom is 0.224 e. The maximum absolute atomic E-state index is 12.0. The second kappa shape index (κ2) is 5.34. The smallest absolute Gasteiger partial charge is 0.224 e. The van der Waals surface area contributed by atoms with Gasteiger partial charge in [-0.05, 0) is 11.6 Å². The maximum atomic E-state index is 12.0. The van der Waals surface area contributed by atoms with Crippen LogP contribution in [0.1, 0.15) is 11.3 Å². The van der Waals surface area contributed by atoms with Crippen LogP contribution in [-0.4, -0.2) is 15.9 Å². The molecule has 2 aromatic heterocycles. The Morgan fingerprint density at radius 2 is 2.25 bits per heavy atom. The largest absolute Gasteiger partial charge is 0.375 e. The molecule has 0 saturated carbocycles. The third-order valence-electron chi connectivity index (χ3n) is 3.06. The Balaban J connectivity index is 1.64. The molecule has 0 radical (unpaired) electrons. The number of thiazole rings is 1. The van der Waals surface area contributed by atoms with Gasteiger partial charge in [0.1, 0.15) is 0 Å². The third kappa shape index (κ3) is 2.65. The molecule has 0 unspecified atom stereocenters. The van der Waals surface area contributed by atoms with Crippen molar-refractivity contribution in [2.45, 2.75) is 13.0 Å². The molecule has 0 aliphatic heterocycles. The van der Waals surface area contributed by atoms with Gasteiger partial charge in [0, 0.05) is 22.5 Å². The molecule has 102 valence electrons. The molecule has 6 heteroatoms. The Morgan fingerprint density at radius 1 is 1.40 bits per heavy atom. The number of aromatic nitrogens is 2. The minimum Gasteiger partial charge on any atom is -0.375 e. The molecule has 0 atom stereocenters. The number of carbonyl (C=O) groups excluding carboxylic acids is 1. The van der Waals surface area contributed by atoms with Crippen molar-refractivity contribution in [2.24, 2.45) is 0 Å². The average Bonchev–Trinajstić information content (AvgIpc) is 3.04. The van der Waals surface area contributed by atoms with Gasteiger partial charge in [-0.1, -0.05) is 18.2 Å². The first-order valence-corrected chi connectivity index (χ1v) is 7.12. The highest BCUT2D eigenvalue weighted by Crippen LogP contribution is 2.18. The van der Waals surface area contributed by atoms with E-state index in [4.69, 9.17) is 5.73 Å². The van der Waals surface area contributed by atoms with Gasteiger partial charge >= 0.3 is 0 Å². The van der Waals surface area contributed by atoms with Crippen molar-refractivity contribution in [1.82, 2.24) is 15.3 Å². The number of nitrogens with two attached hydrogens (primary N) is 1. The first kappa shape index (κ1) is 12.7. The van der Waals surface area contributed by atoms with Crippen LogP contribution in [0.2, 0.25) is 0 Å². The van der Waals surface area contributed by atoms with E-state index >= 15 is 0 Å². The zero-order valence-corrected chi connectivity index (χ0v) is 11.5. The van der Waals surface area contributed by atoms with Gasteiger partial charge in [0.05, 0.1) is 18.7 Å². The first-order chi connectivity index (χ1) is 9.72. The van der Waals surface area contributed by atoms with Gasteiger partial charge in [0.25, 0.3) is 0 Å². The number of H-pyrrole nitrogens is 1. The number of para-hydroxylation sites is 1. The van der Waals surface area contributed by atoms with Crippen molar-refractivity contribution >= 4 is 33.3 Å². The quantitative estimate of drug-likeness (QED) is 0.686. The molecule has 4 N–H and O–H groups in total. The summed E-state index contributed by atoms with van der Waals surface area (Å²) in [6, 6.07) is 7.94. The molecule has 3 aromatic rings. The van der Waals surface area contributed by atoms with Gasteiger partial charge in [-0.2, -0.15) is 0 Å². The van der Waals surface area contributed by atoms with Gasteiger partial charge < -0.3 is 16.0 Å². The second-order valence-electron chi connectivity index (χ2n) is 4.49. The minimum atomic E-state index is -0.0266. The molecule has 0 bridgehead atoms. The Labute approximate surface area is 119 Å². The Bertz CT molecular complexity index is 746. The van der Waals surface area contributed by atoms with E-state index in [1.165, 1.54) is 11.3 Å². The van der Waals surface area contributed by atoms with Crippen LogP contribution >= 0.6 is 11.3 Å². The Hall–Kier alpha value is -2.34. The fraction of sp³-hybridized carbons (Fsp3) is 0.143. The number of nitrogens with one attached hydrogen (secondary N) is 2. The fourth-order valence-electron chi connectivity index (χ4n) is 2.11. The first-order valence-electron chi connectivity index (χ1n) is 6.24. The molecule has 0 spiro atoms. The number of hydrogen-bond acceptors (Lipinski definition) is 4. The summed E-state index contributed by atoms with van der Waals surface area (Å²) in [7, 11) is 0. The average molecular weight is 286 g/mol. The summed E-state index contributed by atoms with van der Waals surface area (Å²) < 4.78 is 0. The molecule has 3 rings (SSSR count). The Kier molecular flexibility index (Phi) is 3.39. The number of carbonyl (C=O) groups is 1.